The second kappa shape index (κ2) is 5.56. The third-order valence-electron chi connectivity index (χ3n) is 4.04. The van der Waals surface area contributed by atoms with Gasteiger partial charge in [0.15, 0.2) is 5.60 Å². The Bertz CT molecular complexity index is 636. The van der Waals surface area contributed by atoms with E-state index in [-0.39, 0.29) is 12.7 Å². The number of esters is 1. The number of hydrogen-bond acceptors (Lipinski definition) is 5. The van der Waals surface area contributed by atoms with Gasteiger partial charge < -0.3 is 14.2 Å². The summed E-state index contributed by atoms with van der Waals surface area (Å²) in [7, 11) is 0. The first-order chi connectivity index (χ1) is 10.6. The number of hydrogen-bond donors (Lipinski definition) is 0. The minimum atomic E-state index is -1.31. The minimum Gasteiger partial charge on any atom is -0.440 e. The Morgan fingerprint density at radius 2 is 2.23 bits per heavy atom. The first kappa shape index (κ1) is 14.8. The summed E-state index contributed by atoms with van der Waals surface area (Å²) < 4.78 is 16.9. The second-order valence-corrected chi connectivity index (χ2v) is 5.62. The summed E-state index contributed by atoms with van der Waals surface area (Å²) in [5.41, 5.74) is -1.30. The number of carbonyl (C=O) groups is 1. The maximum atomic E-state index is 11.4. The van der Waals surface area contributed by atoms with Crippen LogP contribution in [0.25, 0.3) is 0 Å². The Hall–Kier alpha value is -2.16. The summed E-state index contributed by atoms with van der Waals surface area (Å²) in [5, 5.41) is 9.57. The zero-order chi connectivity index (χ0) is 15.6. The molecule has 5 heteroatoms. The van der Waals surface area contributed by atoms with Gasteiger partial charge in [-0.3, -0.25) is 4.79 Å². The van der Waals surface area contributed by atoms with Gasteiger partial charge in [0.25, 0.3) is 0 Å². The number of fused-ring (bicyclic) bond motifs is 2. The molecule has 3 atom stereocenters. The van der Waals surface area contributed by atoms with Crippen LogP contribution in [0.15, 0.2) is 42.5 Å². The summed E-state index contributed by atoms with van der Waals surface area (Å²) in [6, 6.07) is 11.9. The van der Waals surface area contributed by atoms with Crippen molar-refractivity contribution in [2.75, 3.05) is 6.61 Å². The first-order valence-corrected chi connectivity index (χ1v) is 7.19. The molecule has 5 nitrogen and oxygen atoms in total. The van der Waals surface area contributed by atoms with E-state index in [9.17, 15) is 10.1 Å². The highest BCUT2D eigenvalue weighted by molar-refractivity contribution is 5.67. The van der Waals surface area contributed by atoms with Crippen molar-refractivity contribution in [1.82, 2.24) is 0 Å². The number of carbonyl (C=O) groups excluding carboxylic acids is 1. The lowest BCUT2D eigenvalue weighted by molar-refractivity contribution is -0.168. The van der Waals surface area contributed by atoms with Crippen LogP contribution in [0.2, 0.25) is 0 Å². The lowest BCUT2D eigenvalue weighted by Gasteiger charge is -2.36. The first-order valence-electron chi connectivity index (χ1n) is 7.19. The average molecular weight is 299 g/mol. The van der Waals surface area contributed by atoms with Crippen molar-refractivity contribution >= 4 is 5.97 Å². The predicted octanol–water partition coefficient (Wildman–Crippen LogP) is 2.13. The number of benzene rings is 1. The van der Waals surface area contributed by atoms with Gasteiger partial charge in [-0.15, -0.1) is 0 Å². The Balaban J connectivity index is 1.73. The summed E-state index contributed by atoms with van der Waals surface area (Å²) in [6.07, 6.45) is 3.82. The van der Waals surface area contributed by atoms with Gasteiger partial charge in [-0.1, -0.05) is 36.4 Å². The van der Waals surface area contributed by atoms with E-state index < -0.39 is 17.2 Å². The minimum absolute atomic E-state index is 0.162. The molecular formula is C17H17NO4. The van der Waals surface area contributed by atoms with E-state index in [1.54, 1.807) is 6.08 Å². The van der Waals surface area contributed by atoms with E-state index in [4.69, 9.17) is 14.2 Å². The van der Waals surface area contributed by atoms with Crippen LogP contribution in [0.3, 0.4) is 0 Å². The van der Waals surface area contributed by atoms with Crippen LogP contribution in [-0.2, 0) is 25.6 Å². The van der Waals surface area contributed by atoms with E-state index in [1.807, 2.05) is 36.4 Å². The highest BCUT2D eigenvalue weighted by Crippen LogP contribution is 2.48. The zero-order valence-corrected chi connectivity index (χ0v) is 12.3. The van der Waals surface area contributed by atoms with Crippen molar-refractivity contribution in [2.45, 2.75) is 37.3 Å². The SMILES string of the molecule is CC(=O)O[C@]1(C#N)C[C@H]2C=C[C@@]1(COCc1ccccc1)O2. The molecule has 114 valence electrons. The van der Waals surface area contributed by atoms with Crippen molar-refractivity contribution < 1.29 is 19.0 Å². The average Bonchev–Trinajstić information content (AvgIpc) is 3.04. The molecular weight excluding hydrogens is 282 g/mol. The Morgan fingerprint density at radius 3 is 2.86 bits per heavy atom. The molecule has 1 fully saturated rings. The molecule has 1 saturated heterocycles. The predicted molar refractivity (Wildman–Crippen MR) is 77.6 cm³/mol. The van der Waals surface area contributed by atoms with Crippen LogP contribution in [0.5, 0.6) is 0 Å². The molecule has 1 aromatic carbocycles. The fourth-order valence-corrected chi connectivity index (χ4v) is 3.04. The fraction of sp³-hybridized carbons (Fsp3) is 0.412. The molecule has 0 spiro atoms. The molecule has 0 saturated carbocycles. The highest BCUT2D eigenvalue weighted by atomic mass is 16.6. The third kappa shape index (κ3) is 2.41. The van der Waals surface area contributed by atoms with E-state index in [0.717, 1.165) is 5.56 Å². The van der Waals surface area contributed by atoms with Crippen molar-refractivity contribution in [3.05, 3.63) is 48.0 Å². The molecule has 0 radical (unpaired) electrons. The highest BCUT2D eigenvalue weighted by Gasteiger charge is 2.64. The summed E-state index contributed by atoms with van der Waals surface area (Å²) in [4.78, 5) is 11.4. The van der Waals surface area contributed by atoms with Crippen LogP contribution >= 0.6 is 0 Å². The van der Waals surface area contributed by atoms with Crippen LogP contribution in [0.4, 0.5) is 0 Å². The molecule has 0 amide bonds. The lowest BCUT2D eigenvalue weighted by atomic mass is 9.79. The van der Waals surface area contributed by atoms with Gasteiger partial charge >= 0.3 is 5.97 Å². The van der Waals surface area contributed by atoms with Crippen molar-refractivity contribution in [2.24, 2.45) is 0 Å². The fourth-order valence-electron chi connectivity index (χ4n) is 3.04. The van der Waals surface area contributed by atoms with Crippen LogP contribution in [-0.4, -0.2) is 29.9 Å². The Morgan fingerprint density at radius 1 is 1.45 bits per heavy atom. The maximum Gasteiger partial charge on any atom is 0.304 e. The largest absolute Gasteiger partial charge is 0.440 e. The van der Waals surface area contributed by atoms with Crippen LogP contribution in [0.1, 0.15) is 18.9 Å². The van der Waals surface area contributed by atoms with E-state index in [1.165, 1.54) is 6.92 Å². The lowest BCUT2D eigenvalue weighted by Crippen LogP contribution is -2.54. The topological polar surface area (TPSA) is 68.6 Å². The molecule has 2 bridgehead atoms. The summed E-state index contributed by atoms with van der Waals surface area (Å²) >= 11 is 0. The quantitative estimate of drug-likeness (QED) is 0.615. The molecule has 22 heavy (non-hydrogen) atoms. The number of rotatable bonds is 5. The van der Waals surface area contributed by atoms with Gasteiger partial charge in [0.1, 0.15) is 6.07 Å². The number of nitrogens with zero attached hydrogens (tertiary/aromatic N) is 1. The van der Waals surface area contributed by atoms with Crippen LogP contribution in [0, 0.1) is 11.3 Å². The Kier molecular flexibility index (Phi) is 3.73. The molecule has 0 unspecified atom stereocenters. The van der Waals surface area contributed by atoms with Crippen molar-refractivity contribution in [3.8, 4) is 6.07 Å². The van der Waals surface area contributed by atoms with E-state index in [2.05, 4.69) is 6.07 Å². The summed E-state index contributed by atoms with van der Waals surface area (Å²) in [5.74, 6) is -0.492. The van der Waals surface area contributed by atoms with Crippen molar-refractivity contribution in [3.63, 3.8) is 0 Å². The molecule has 0 N–H and O–H groups in total. The number of nitriles is 1. The van der Waals surface area contributed by atoms with Gasteiger partial charge in [-0.05, 0) is 11.6 Å². The smallest absolute Gasteiger partial charge is 0.304 e. The molecule has 1 aromatic rings. The zero-order valence-electron chi connectivity index (χ0n) is 12.3. The van der Waals surface area contributed by atoms with E-state index in [0.29, 0.717) is 13.0 Å². The molecule has 0 aliphatic carbocycles. The number of ether oxygens (including phenoxy) is 3. The van der Waals surface area contributed by atoms with Gasteiger partial charge in [-0.25, -0.2) is 0 Å². The van der Waals surface area contributed by atoms with Gasteiger partial charge in [-0.2, -0.15) is 5.26 Å². The molecule has 2 aliphatic heterocycles. The second-order valence-electron chi connectivity index (χ2n) is 5.62. The molecule has 2 heterocycles. The monoisotopic (exact) mass is 299 g/mol. The van der Waals surface area contributed by atoms with Gasteiger partial charge in [0, 0.05) is 13.3 Å². The maximum absolute atomic E-state index is 11.4. The normalized spacial score (nSPS) is 31.9. The van der Waals surface area contributed by atoms with Crippen LogP contribution < -0.4 is 0 Å². The Labute approximate surface area is 129 Å². The van der Waals surface area contributed by atoms with Gasteiger partial charge in [0.05, 0.1) is 19.3 Å². The summed E-state index contributed by atoms with van der Waals surface area (Å²) in [6.45, 7) is 1.87. The van der Waals surface area contributed by atoms with E-state index >= 15 is 0 Å². The molecule has 0 aromatic heterocycles. The van der Waals surface area contributed by atoms with Gasteiger partial charge in [0.2, 0.25) is 5.60 Å². The standard InChI is InChI=1S/C17H17NO4/c1-13(19)21-17(11-18)9-15-7-8-16(17,22-15)12-20-10-14-5-3-2-4-6-14/h2-8,15H,9-10,12H2,1H3/t15-,16+,17+/m1/s1. The molecule has 3 rings (SSSR count). The molecule has 2 aliphatic rings. The van der Waals surface area contributed by atoms with Crippen molar-refractivity contribution in [1.29, 1.82) is 5.26 Å². The third-order valence-corrected chi connectivity index (χ3v) is 4.04.